The highest BCUT2D eigenvalue weighted by Gasteiger charge is 2.25. The van der Waals surface area contributed by atoms with Crippen LogP contribution in [0.15, 0.2) is 35.5 Å². The molecule has 0 aliphatic carbocycles. The van der Waals surface area contributed by atoms with Crippen molar-refractivity contribution in [2.75, 3.05) is 48.9 Å². The van der Waals surface area contributed by atoms with Crippen molar-refractivity contribution in [2.24, 2.45) is 0 Å². The summed E-state index contributed by atoms with van der Waals surface area (Å²) in [5.74, 6) is 1.06. The second-order valence-electron chi connectivity index (χ2n) is 6.83. The van der Waals surface area contributed by atoms with E-state index in [0.29, 0.717) is 19.8 Å². The summed E-state index contributed by atoms with van der Waals surface area (Å²) in [6.45, 7) is 4.49. The summed E-state index contributed by atoms with van der Waals surface area (Å²) >= 11 is 1.41. The molecule has 2 aliphatic rings. The van der Waals surface area contributed by atoms with E-state index in [1.54, 1.807) is 0 Å². The Kier molecular flexibility index (Phi) is 6.45. The van der Waals surface area contributed by atoms with Gasteiger partial charge in [-0.2, -0.15) is 0 Å². The Hall–Kier alpha value is -2.10. The molecule has 4 rings (SSSR count). The molecule has 1 amide bonds. The number of nitrogens with zero attached hydrogens (tertiary/aromatic N) is 4. The van der Waals surface area contributed by atoms with Gasteiger partial charge >= 0.3 is 0 Å². The van der Waals surface area contributed by atoms with Crippen LogP contribution in [0.2, 0.25) is 0 Å². The third-order valence-corrected chi connectivity index (χ3v) is 5.76. The first-order valence-corrected chi connectivity index (χ1v) is 10.6. The molecule has 2 aliphatic heterocycles. The fourth-order valence-corrected chi connectivity index (χ4v) is 4.13. The maximum absolute atomic E-state index is 12.3. The zero-order valence-corrected chi connectivity index (χ0v) is 16.6. The van der Waals surface area contributed by atoms with Crippen LogP contribution in [0.4, 0.5) is 11.6 Å². The third kappa shape index (κ3) is 4.84. The Morgan fingerprint density at radius 3 is 2.75 bits per heavy atom. The van der Waals surface area contributed by atoms with E-state index in [2.05, 4.69) is 25.0 Å². The molecule has 0 bridgehead atoms. The van der Waals surface area contributed by atoms with Crippen LogP contribution < -0.4 is 10.2 Å². The van der Waals surface area contributed by atoms with E-state index in [-0.39, 0.29) is 17.8 Å². The Bertz CT molecular complexity index is 773. The van der Waals surface area contributed by atoms with Crippen molar-refractivity contribution in [3.8, 4) is 0 Å². The van der Waals surface area contributed by atoms with E-state index in [1.807, 2.05) is 30.3 Å². The highest BCUT2D eigenvalue weighted by molar-refractivity contribution is 7.99. The normalized spacial score (nSPS) is 19.7. The van der Waals surface area contributed by atoms with E-state index in [0.717, 1.165) is 49.3 Å². The van der Waals surface area contributed by atoms with Crippen LogP contribution in [0.5, 0.6) is 0 Å². The summed E-state index contributed by atoms with van der Waals surface area (Å²) in [7, 11) is 0. The number of nitrogens with one attached hydrogen (secondary N) is 1. The lowest BCUT2D eigenvalue weighted by atomic mass is 10.2. The summed E-state index contributed by atoms with van der Waals surface area (Å²) in [5, 5.41) is 12.4. The molecule has 0 spiro atoms. The van der Waals surface area contributed by atoms with Gasteiger partial charge in [0.1, 0.15) is 0 Å². The molecule has 1 N–H and O–H groups in total. The molecule has 28 heavy (non-hydrogen) atoms. The van der Waals surface area contributed by atoms with Crippen molar-refractivity contribution in [3.63, 3.8) is 0 Å². The average Bonchev–Trinajstić information content (AvgIpc) is 3.38. The molecular weight excluding hydrogens is 378 g/mol. The lowest BCUT2D eigenvalue weighted by Gasteiger charge is -2.28. The number of morpholine rings is 1. The molecule has 1 aromatic carbocycles. The second-order valence-corrected chi connectivity index (χ2v) is 7.77. The van der Waals surface area contributed by atoms with Crippen LogP contribution >= 0.6 is 11.8 Å². The molecule has 1 unspecified atom stereocenters. The van der Waals surface area contributed by atoms with Gasteiger partial charge in [-0.1, -0.05) is 30.0 Å². The maximum atomic E-state index is 12.3. The minimum Gasteiger partial charge on any atom is -0.378 e. The van der Waals surface area contributed by atoms with E-state index in [9.17, 15) is 4.79 Å². The van der Waals surface area contributed by atoms with Gasteiger partial charge in [-0.3, -0.25) is 9.36 Å². The Morgan fingerprint density at radius 1 is 1.18 bits per heavy atom. The summed E-state index contributed by atoms with van der Waals surface area (Å²) in [4.78, 5) is 14.5. The molecular formula is C19H25N5O3S. The number of aromatic nitrogens is 3. The van der Waals surface area contributed by atoms with Gasteiger partial charge in [0.05, 0.1) is 31.6 Å². The largest absolute Gasteiger partial charge is 0.378 e. The number of amides is 1. The number of carbonyl (C=O) groups excluding carboxylic acids is 1. The molecule has 0 radical (unpaired) electrons. The van der Waals surface area contributed by atoms with Gasteiger partial charge in [-0.05, 0) is 25.0 Å². The van der Waals surface area contributed by atoms with Crippen LogP contribution in [0, 0.1) is 0 Å². The molecule has 2 aromatic rings. The summed E-state index contributed by atoms with van der Waals surface area (Å²) in [6, 6.07) is 9.47. The fourth-order valence-electron chi connectivity index (χ4n) is 3.39. The van der Waals surface area contributed by atoms with Gasteiger partial charge in [0.15, 0.2) is 5.16 Å². The van der Waals surface area contributed by atoms with Crippen LogP contribution in [0.3, 0.4) is 0 Å². The van der Waals surface area contributed by atoms with Crippen molar-refractivity contribution in [1.82, 2.24) is 14.8 Å². The number of thioether (sulfide) groups is 1. The van der Waals surface area contributed by atoms with Crippen molar-refractivity contribution < 1.29 is 14.3 Å². The first-order valence-electron chi connectivity index (χ1n) is 9.65. The minimum atomic E-state index is -0.0595. The molecule has 3 heterocycles. The minimum absolute atomic E-state index is 0.0595. The van der Waals surface area contributed by atoms with Crippen molar-refractivity contribution in [3.05, 3.63) is 30.3 Å². The maximum Gasteiger partial charge on any atom is 0.234 e. The zero-order valence-electron chi connectivity index (χ0n) is 15.7. The number of ether oxygens (including phenoxy) is 2. The highest BCUT2D eigenvalue weighted by atomic mass is 32.2. The Labute approximate surface area is 168 Å². The first-order chi connectivity index (χ1) is 13.8. The number of anilines is 2. The summed E-state index contributed by atoms with van der Waals surface area (Å²) in [6.07, 6.45) is 2.30. The smallest absolute Gasteiger partial charge is 0.234 e. The number of hydrogen-bond acceptors (Lipinski definition) is 7. The summed E-state index contributed by atoms with van der Waals surface area (Å²) in [5.41, 5.74) is 0.794. The molecule has 150 valence electrons. The highest BCUT2D eigenvalue weighted by Crippen LogP contribution is 2.26. The van der Waals surface area contributed by atoms with E-state index >= 15 is 0 Å². The standard InChI is InChI=1S/C19H25N5O3S/c25-17(20-15-5-2-1-3-6-15)14-28-19-22-21-18(23-8-11-26-12-9-23)24(19)13-16-7-4-10-27-16/h1-3,5-6,16H,4,7-14H2,(H,20,25). The van der Waals surface area contributed by atoms with Gasteiger partial charge in [0, 0.05) is 25.4 Å². The van der Waals surface area contributed by atoms with Crippen LogP contribution in [-0.2, 0) is 20.8 Å². The molecule has 2 fully saturated rings. The zero-order chi connectivity index (χ0) is 19.2. The lowest BCUT2D eigenvalue weighted by Crippen LogP contribution is -2.38. The first kappa shape index (κ1) is 19.2. The van der Waals surface area contributed by atoms with E-state index in [1.165, 1.54) is 11.8 Å². The topological polar surface area (TPSA) is 81.5 Å². The third-order valence-electron chi connectivity index (χ3n) is 4.79. The molecule has 0 saturated carbocycles. The molecule has 1 atom stereocenters. The average molecular weight is 404 g/mol. The van der Waals surface area contributed by atoms with Crippen molar-refractivity contribution in [1.29, 1.82) is 0 Å². The van der Waals surface area contributed by atoms with E-state index in [4.69, 9.17) is 9.47 Å². The molecule has 1 aromatic heterocycles. The number of hydrogen-bond donors (Lipinski definition) is 1. The van der Waals surface area contributed by atoms with Gasteiger partial charge in [0.2, 0.25) is 11.9 Å². The van der Waals surface area contributed by atoms with Crippen LogP contribution in [-0.4, -0.2) is 65.4 Å². The Morgan fingerprint density at radius 2 is 2.00 bits per heavy atom. The van der Waals surface area contributed by atoms with Crippen molar-refractivity contribution >= 4 is 29.3 Å². The monoisotopic (exact) mass is 403 g/mol. The Balaban J connectivity index is 1.44. The quantitative estimate of drug-likeness (QED) is 0.709. The fraction of sp³-hybridized carbons (Fsp3) is 0.526. The lowest BCUT2D eigenvalue weighted by molar-refractivity contribution is -0.113. The number of carbonyl (C=O) groups is 1. The molecule has 9 heteroatoms. The van der Waals surface area contributed by atoms with Crippen molar-refractivity contribution in [2.45, 2.75) is 30.6 Å². The van der Waals surface area contributed by atoms with Crippen LogP contribution in [0.1, 0.15) is 12.8 Å². The van der Waals surface area contributed by atoms with Gasteiger partial charge in [0.25, 0.3) is 0 Å². The number of rotatable bonds is 7. The number of para-hydroxylation sites is 1. The van der Waals surface area contributed by atoms with Crippen LogP contribution in [0.25, 0.3) is 0 Å². The summed E-state index contributed by atoms with van der Waals surface area (Å²) < 4.78 is 13.4. The van der Waals surface area contributed by atoms with Gasteiger partial charge in [-0.15, -0.1) is 10.2 Å². The SMILES string of the molecule is O=C(CSc1nnc(N2CCOCC2)n1CC1CCCO1)Nc1ccccc1. The second kappa shape index (κ2) is 9.40. The van der Waals surface area contributed by atoms with Gasteiger partial charge < -0.3 is 19.7 Å². The number of benzene rings is 1. The van der Waals surface area contributed by atoms with E-state index < -0.39 is 0 Å². The predicted molar refractivity (Wildman–Crippen MR) is 108 cm³/mol. The molecule has 2 saturated heterocycles. The van der Waals surface area contributed by atoms with Gasteiger partial charge in [-0.25, -0.2) is 0 Å². The predicted octanol–water partition coefficient (Wildman–Crippen LogP) is 2.02. The molecule has 8 nitrogen and oxygen atoms in total.